The number of anilines is 1. The number of aromatic nitrogens is 2. The monoisotopic (exact) mass is 287 g/mol. The van der Waals surface area contributed by atoms with Gasteiger partial charge in [-0.05, 0) is 6.92 Å². The number of carbonyl (C=O) groups is 1. The number of nitrogens with one attached hydrogen (secondary N) is 1. The normalized spacial score (nSPS) is 10.7. The number of carbonyl (C=O) groups excluding carboxylic acids is 1. The maximum Gasteiger partial charge on any atom is 0.259 e. The topological polar surface area (TPSA) is 46.9 Å². The molecule has 0 aliphatic carbocycles. The van der Waals surface area contributed by atoms with Crippen LogP contribution >= 0.6 is 0 Å². The molecule has 0 aliphatic heterocycles. The van der Waals surface area contributed by atoms with Gasteiger partial charge >= 0.3 is 0 Å². The van der Waals surface area contributed by atoms with Crippen molar-refractivity contribution in [1.29, 1.82) is 0 Å². The van der Waals surface area contributed by atoms with Crippen LogP contribution in [0, 0.1) is 23.3 Å². The van der Waals surface area contributed by atoms with E-state index in [0.29, 0.717) is 6.54 Å². The highest BCUT2D eigenvalue weighted by molar-refractivity contribution is 6.04. The van der Waals surface area contributed by atoms with Gasteiger partial charge in [0, 0.05) is 18.8 Å². The summed E-state index contributed by atoms with van der Waals surface area (Å²) in [5.41, 5.74) is -1.16. The lowest BCUT2D eigenvalue weighted by Gasteiger charge is -2.07. The SMILES string of the molecule is CCn1cc(C(=O)Nc2c(F)c(F)cc(F)c2F)cn1. The summed E-state index contributed by atoms with van der Waals surface area (Å²) in [4.78, 5) is 11.7. The molecule has 4 nitrogen and oxygen atoms in total. The lowest BCUT2D eigenvalue weighted by atomic mass is 10.2. The highest BCUT2D eigenvalue weighted by Crippen LogP contribution is 2.24. The van der Waals surface area contributed by atoms with Gasteiger partial charge in [0.1, 0.15) is 5.69 Å². The number of halogens is 4. The predicted octanol–water partition coefficient (Wildman–Crippen LogP) is 2.71. The molecule has 0 saturated carbocycles. The summed E-state index contributed by atoms with van der Waals surface area (Å²) in [5.74, 6) is -7.44. The Morgan fingerprint density at radius 2 is 1.85 bits per heavy atom. The van der Waals surface area contributed by atoms with E-state index in [0.717, 1.165) is 0 Å². The van der Waals surface area contributed by atoms with Crippen molar-refractivity contribution in [3.8, 4) is 0 Å². The number of benzene rings is 1. The van der Waals surface area contributed by atoms with E-state index in [1.54, 1.807) is 12.2 Å². The molecule has 0 radical (unpaired) electrons. The summed E-state index contributed by atoms with van der Waals surface area (Å²) >= 11 is 0. The molecule has 1 amide bonds. The zero-order chi connectivity index (χ0) is 14.9. The zero-order valence-electron chi connectivity index (χ0n) is 10.3. The van der Waals surface area contributed by atoms with Gasteiger partial charge in [0.15, 0.2) is 23.3 Å². The van der Waals surface area contributed by atoms with E-state index >= 15 is 0 Å². The first kappa shape index (κ1) is 14.0. The first-order valence-corrected chi connectivity index (χ1v) is 5.60. The van der Waals surface area contributed by atoms with Crippen LogP contribution < -0.4 is 5.32 Å². The van der Waals surface area contributed by atoms with E-state index in [1.165, 1.54) is 17.1 Å². The molecule has 0 unspecified atom stereocenters. The standard InChI is InChI=1S/C12H9F4N3O/c1-2-19-5-6(4-17-19)12(20)18-11-9(15)7(13)3-8(14)10(11)16/h3-5H,2H2,1H3,(H,18,20). The third-order valence-electron chi connectivity index (χ3n) is 2.57. The van der Waals surface area contributed by atoms with E-state index in [-0.39, 0.29) is 11.6 Å². The molecule has 1 heterocycles. The average molecular weight is 287 g/mol. The average Bonchev–Trinajstić information content (AvgIpc) is 2.90. The fourth-order valence-electron chi connectivity index (χ4n) is 1.52. The summed E-state index contributed by atoms with van der Waals surface area (Å²) in [6, 6.07) is 0.0649. The third-order valence-corrected chi connectivity index (χ3v) is 2.57. The maximum absolute atomic E-state index is 13.4. The number of nitrogens with zero attached hydrogens (tertiary/aromatic N) is 2. The van der Waals surface area contributed by atoms with E-state index < -0.39 is 34.9 Å². The Balaban J connectivity index is 2.32. The second-order valence-corrected chi connectivity index (χ2v) is 3.88. The fraction of sp³-hybridized carbons (Fsp3) is 0.167. The first-order valence-electron chi connectivity index (χ1n) is 5.60. The van der Waals surface area contributed by atoms with Crippen molar-refractivity contribution in [2.75, 3.05) is 5.32 Å². The van der Waals surface area contributed by atoms with Gasteiger partial charge in [-0.25, -0.2) is 17.6 Å². The van der Waals surface area contributed by atoms with Crippen LogP contribution in [-0.4, -0.2) is 15.7 Å². The highest BCUT2D eigenvalue weighted by Gasteiger charge is 2.21. The molecular formula is C12H9F4N3O. The number of hydrogen-bond acceptors (Lipinski definition) is 2. The fourth-order valence-corrected chi connectivity index (χ4v) is 1.52. The predicted molar refractivity (Wildman–Crippen MR) is 62.1 cm³/mol. The second kappa shape index (κ2) is 5.32. The zero-order valence-corrected chi connectivity index (χ0v) is 10.3. The van der Waals surface area contributed by atoms with E-state index in [9.17, 15) is 22.4 Å². The molecule has 0 spiro atoms. The molecule has 0 saturated heterocycles. The van der Waals surface area contributed by atoms with Gasteiger partial charge in [0.2, 0.25) is 0 Å². The molecule has 0 fully saturated rings. The van der Waals surface area contributed by atoms with Crippen LogP contribution in [0.25, 0.3) is 0 Å². The summed E-state index contributed by atoms with van der Waals surface area (Å²) in [6.45, 7) is 2.26. The van der Waals surface area contributed by atoms with Crippen molar-refractivity contribution in [3.05, 3.63) is 47.3 Å². The Hall–Kier alpha value is -2.38. The van der Waals surface area contributed by atoms with Crippen molar-refractivity contribution in [2.24, 2.45) is 0 Å². The van der Waals surface area contributed by atoms with Crippen molar-refractivity contribution in [1.82, 2.24) is 9.78 Å². The molecule has 2 aromatic rings. The van der Waals surface area contributed by atoms with Gasteiger partial charge in [-0.3, -0.25) is 9.48 Å². The third kappa shape index (κ3) is 2.49. The molecule has 8 heteroatoms. The molecule has 106 valence electrons. The Kier molecular flexibility index (Phi) is 3.73. The van der Waals surface area contributed by atoms with Crippen LogP contribution in [0.1, 0.15) is 17.3 Å². The number of aryl methyl sites for hydroxylation is 1. The number of hydrogen-bond donors (Lipinski definition) is 1. The first-order chi connectivity index (χ1) is 9.43. The molecular weight excluding hydrogens is 278 g/mol. The van der Waals surface area contributed by atoms with Crippen LogP contribution in [0.2, 0.25) is 0 Å². The van der Waals surface area contributed by atoms with Crippen LogP contribution in [0.15, 0.2) is 18.5 Å². The number of rotatable bonds is 3. The minimum Gasteiger partial charge on any atom is -0.317 e. The van der Waals surface area contributed by atoms with Crippen molar-refractivity contribution >= 4 is 11.6 Å². The minimum absolute atomic E-state index is 0.00955. The Morgan fingerprint density at radius 1 is 1.25 bits per heavy atom. The second-order valence-electron chi connectivity index (χ2n) is 3.88. The van der Waals surface area contributed by atoms with E-state index in [1.807, 2.05) is 0 Å². The lowest BCUT2D eigenvalue weighted by Crippen LogP contribution is -2.15. The van der Waals surface area contributed by atoms with Crippen molar-refractivity contribution in [3.63, 3.8) is 0 Å². The quantitative estimate of drug-likeness (QED) is 0.697. The summed E-state index contributed by atoms with van der Waals surface area (Å²) in [5, 5.41) is 5.59. The molecule has 2 rings (SSSR count). The maximum atomic E-state index is 13.4. The molecule has 1 aromatic carbocycles. The summed E-state index contributed by atoms with van der Waals surface area (Å²) < 4.78 is 54.1. The molecule has 0 atom stereocenters. The molecule has 1 N–H and O–H groups in total. The van der Waals surface area contributed by atoms with Gasteiger partial charge < -0.3 is 5.32 Å². The molecule has 0 bridgehead atoms. The molecule has 0 aliphatic rings. The Labute approximate surface area is 111 Å². The van der Waals surface area contributed by atoms with E-state index in [4.69, 9.17) is 0 Å². The van der Waals surface area contributed by atoms with Gasteiger partial charge in [0.25, 0.3) is 5.91 Å². The summed E-state index contributed by atoms with van der Waals surface area (Å²) in [6.07, 6.45) is 2.51. The Morgan fingerprint density at radius 3 is 2.35 bits per heavy atom. The van der Waals surface area contributed by atoms with E-state index in [2.05, 4.69) is 5.10 Å². The minimum atomic E-state index is -1.67. The smallest absolute Gasteiger partial charge is 0.259 e. The lowest BCUT2D eigenvalue weighted by molar-refractivity contribution is 0.102. The molecule has 1 aromatic heterocycles. The van der Waals surface area contributed by atoms with Gasteiger partial charge in [-0.1, -0.05) is 0 Å². The van der Waals surface area contributed by atoms with Crippen molar-refractivity contribution < 1.29 is 22.4 Å². The number of amides is 1. The van der Waals surface area contributed by atoms with Gasteiger partial charge in [0.05, 0.1) is 11.8 Å². The van der Waals surface area contributed by atoms with Gasteiger partial charge in [-0.2, -0.15) is 5.10 Å². The van der Waals surface area contributed by atoms with Crippen LogP contribution in [-0.2, 0) is 6.54 Å². The van der Waals surface area contributed by atoms with Crippen LogP contribution in [0.5, 0.6) is 0 Å². The summed E-state index contributed by atoms with van der Waals surface area (Å²) in [7, 11) is 0. The van der Waals surface area contributed by atoms with Gasteiger partial charge in [-0.15, -0.1) is 0 Å². The highest BCUT2D eigenvalue weighted by atomic mass is 19.2. The van der Waals surface area contributed by atoms with Crippen LogP contribution in [0.4, 0.5) is 23.2 Å². The van der Waals surface area contributed by atoms with Crippen molar-refractivity contribution in [2.45, 2.75) is 13.5 Å². The van der Waals surface area contributed by atoms with Crippen LogP contribution in [0.3, 0.4) is 0 Å². The Bertz CT molecular complexity index is 643. The molecule has 20 heavy (non-hydrogen) atoms. The largest absolute Gasteiger partial charge is 0.317 e.